The van der Waals surface area contributed by atoms with Crippen molar-refractivity contribution in [2.75, 3.05) is 0 Å². The van der Waals surface area contributed by atoms with E-state index in [0.717, 1.165) is 12.0 Å². The standard InChI is InChI=1S/C16H23NO/c1-5-6-16(18)17-13(4)15-9-7-14(8-10-15)11-12(2)3/h5-10,12-13H,11H2,1-4H3,(H,17,18)/b6-5-/t13-/m1/s1. The van der Waals surface area contributed by atoms with Gasteiger partial charge >= 0.3 is 0 Å². The molecule has 0 saturated carbocycles. The fourth-order valence-electron chi connectivity index (χ4n) is 1.91. The van der Waals surface area contributed by atoms with E-state index in [9.17, 15) is 4.79 Å². The first-order chi connectivity index (χ1) is 8.52. The van der Waals surface area contributed by atoms with E-state index in [1.54, 1.807) is 12.2 Å². The van der Waals surface area contributed by atoms with Crippen molar-refractivity contribution in [2.45, 2.75) is 40.2 Å². The minimum absolute atomic E-state index is 0.0433. The molecule has 1 aromatic rings. The molecule has 0 aliphatic heterocycles. The number of allylic oxidation sites excluding steroid dienone is 1. The molecule has 1 rings (SSSR count). The summed E-state index contributed by atoms with van der Waals surface area (Å²) in [5.74, 6) is 0.624. The van der Waals surface area contributed by atoms with Crippen LogP contribution in [-0.2, 0) is 11.2 Å². The maximum atomic E-state index is 11.4. The van der Waals surface area contributed by atoms with Crippen molar-refractivity contribution in [3.63, 3.8) is 0 Å². The maximum Gasteiger partial charge on any atom is 0.244 e. The zero-order valence-corrected chi connectivity index (χ0v) is 11.7. The van der Waals surface area contributed by atoms with Gasteiger partial charge < -0.3 is 5.32 Å². The number of hydrogen-bond donors (Lipinski definition) is 1. The molecule has 1 amide bonds. The van der Waals surface area contributed by atoms with E-state index in [1.165, 1.54) is 5.56 Å². The van der Waals surface area contributed by atoms with Gasteiger partial charge in [-0.1, -0.05) is 44.2 Å². The van der Waals surface area contributed by atoms with Crippen LogP contribution in [0.1, 0.15) is 44.9 Å². The number of hydrogen-bond acceptors (Lipinski definition) is 1. The Bertz CT molecular complexity index is 404. The van der Waals surface area contributed by atoms with Crippen molar-refractivity contribution >= 4 is 5.91 Å². The van der Waals surface area contributed by atoms with E-state index < -0.39 is 0 Å². The van der Waals surface area contributed by atoms with Crippen LogP contribution < -0.4 is 5.32 Å². The average molecular weight is 245 g/mol. The number of carbonyl (C=O) groups excluding carboxylic acids is 1. The molecule has 1 aromatic carbocycles. The third-order valence-corrected chi connectivity index (χ3v) is 2.80. The quantitative estimate of drug-likeness (QED) is 0.788. The van der Waals surface area contributed by atoms with Crippen molar-refractivity contribution in [2.24, 2.45) is 5.92 Å². The molecule has 1 atom stereocenters. The number of rotatable bonds is 5. The first-order valence-corrected chi connectivity index (χ1v) is 6.55. The van der Waals surface area contributed by atoms with Gasteiger partial charge in [0.2, 0.25) is 5.91 Å². The van der Waals surface area contributed by atoms with Gasteiger partial charge in [0, 0.05) is 0 Å². The van der Waals surface area contributed by atoms with Crippen molar-refractivity contribution in [1.82, 2.24) is 5.32 Å². The molecule has 18 heavy (non-hydrogen) atoms. The highest BCUT2D eigenvalue weighted by Crippen LogP contribution is 2.15. The van der Waals surface area contributed by atoms with E-state index >= 15 is 0 Å². The van der Waals surface area contributed by atoms with Crippen LogP contribution in [-0.4, -0.2) is 5.91 Å². The molecular formula is C16H23NO. The largest absolute Gasteiger partial charge is 0.346 e. The van der Waals surface area contributed by atoms with Crippen molar-refractivity contribution < 1.29 is 4.79 Å². The Morgan fingerprint density at radius 3 is 2.33 bits per heavy atom. The van der Waals surface area contributed by atoms with Gasteiger partial charge in [0.05, 0.1) is 6.04 Å². The highest BCUT2D eigenvalue weighted by atomic mass is 16.1. The molecule has 98 valence electrons. The molecule has 0 radical (unpaired) electrons. The van der Waals surface area contributed by atoms with Gasteiger partial charge in [-0.3, -0.25) is 4.79 Å². The third-order valence-electron chi connectivity index (χ3n) is 2.80. The zero-order chi connectivity index (χ0) is 13.5. The van der Waals surface area contributed by atoms with Crippen LogP contribution >= 0.6 is 0 Å². The van der Waals surface area contributed by atoms with E-state index in [1.807, 2.05) is 13.8 Å². The Kier molecular flexibility index (Phi) is 5.63. The van der Waals surface area contributed by atoms with Crippen molar-refractivity contribution in [3.05, 3.63) is 47.5 Å². The van der Waals surface area contributed by atoms with Crippen LogP contribution in [0.3, 0.4) is 0 Å². The Hall–Kier alpha value is -1.57. The summed E-state index contributed by atoms with van der Waals surface area (Å²) in [7, 11) is 0. The van der Waals surface area contributed by atoms with Gasteiger partial charge in [0.15, 0.2) is 0 Å². The fraction of sp³-hybridized carbons (Fsp3) is 0.438. The topological polar surface area (TPSA) is 29.1 Å². The van der Waals surface area contributed by atoms with Gasteiger partial charge in [0.1, 0.15) is 0 Å². The lowest BCUT2D eigenvalue weighted by atomic mass is 10.00. The van der Waals surface area contributed by atoms with Gasteiger partial charge in [-0.05, 0) is 43.4 Å². The predicted octanol–water partition coefficient (Wildman–Crippen LogP) is 3.64. The minimum atomic E-state index is -0.0451. The van der Waals surface area contributed by atoms with Crippen LogP contribution in [0.2, 0.25) is 0 Å². The number of benzene rings is 1. The lowest BCUT2D eigenvalue weighted by Crippen LogP contribution is -2.24. The number of amides is 1. The fourth-order valence-corrected chi connectivity index (χ4v) is 1.91. The monoisotopic (exact) mass is 245 g/mol. The van der Waals surface area contributed by atoms with E-state index in [2.05, 4.69) is 43.4 Å². The zero-order valence-electron chi connectivity index (χ0n) is 11.7. The summed E-state index contributed by atoms with van der Waals surface area (Å²) in [4.78, 5) is 11.4. The van der Waals surface area contributed by atoms with E-state index in [0.29, 0.717) is 5.92 Å². The molecule has 0 fully saturated rings. The maximum absolute atomic E-state index is 11.4. The Balaban J connectivity index is 2.64. The molecule has 0 spiro atoms. The second kappa shape index (κ2) is 7.00. The first-order valence-electron chi connectivity index (χ1n) is 6.55. The normalized spacial score (nSPS) is 12.9. The van der Waals surface area contributed by atoms with Crippen LogP contribution in [0.4, 0.5) is 0 Å². The Morgan fingerprint density at radius 2 is 1.83 bits per heavy atom. The first kappa shape index (κ1) is 14.5. The summed E-state index contributed by atoms with van der Waals surface area (Å²) in [6.45, 7) is 8.27. The van der Waals surface area contributed by atoms with E-state index in [-0.39, 0.29) is 11.9 Å². The average Bonchev–Trinajstić information content (AvgIpc) is 2.29. The van der Waals surface area contributed by atoms with E-state index in [4.69, 9.17) is 0 Å². The third kappa shape index (κ3) is 4.74. The van der Waals surface area contributed by atoms with Gasteiger partial charge in [-0.15, -0.1) is 0 Å². The molecule has 0 aliphatic carbocycles. The lowest BCUT2D eigenvalue weighted by Gasteiger charge is -2.14. The Morgan fingerprint density at radius 1 is 1.22 bits per heavy atom. The van der Waals surface area contributed by atoms with Crippen LogP contribution in [0, 0.1) is 5.92 Å². The van der Waals surface area contributed by atoms with Gasteiger partial charge in [-0.2, -0.15) is 0 Å². The molecule has 2 heteroatoms. The summed E-state index contributed by atoms with van der Waals surface area (Å²) in [6, 6.07) is 8.53. The van der Waals surface area contributed by atoms with Gasteiger partial charge in [-0.25, -0.2) is 0 Å². The molecule has 0 heterocycles. The summed E-state index contributed by atoms with van der Waals surface area (Å²) in [5.41, 5.74) is 2.49. The minimum Gasteiger partial charge on any atom is -0.346 e. The summed E-state index contributed by atoms with van der Waals surface area (Å²) < 4.78 is 0. The number of nitrogens with one attached hydrogen (secondary N) is 1. The molecule has 0 bridgehead atoms. The van der Waals surface area contributed by atoms with Crippen molar-refractivity contribution in [3.8, 4) is 0 Å². The Labute approximate surface area is 110 Å². The summed E-state index contributed by atoms with van der Waals surface area (Å²) in [6.07, 6.45) is 4.39. The lowest BCUT2D eigenvalue weighted by molar-refractivity contribution is -0.117. The van der Waals surface area contributed by atoms with Crippen LogP contribution in [0.5, 0.6) is 0 Å². The summed E-state index contributed by atoms with van der Waals surface area (Å²) in [5, 5.41) is 2.93. The molecule has 1 N–H and O–H groups in total. The highest BCUT2D eigenvalue weighted by Gasteiger charge is 2.07. The highest BCUT2D eigenvalue weighted by molar-refractivity contribution is 5.87. The smallest absolute Gasteiger partial charge is 0.244 e. The van der Waals surface area contributed by atoms with Crippen LogP contribution in [0.15, 0.2) is 36.4 Å². The molecular weight excluding hydrogens is 222 g/mol. The van der Waals surface area contributed by atoms with Gasteiger partial charge in [0.25, 0.3) is 0 Å². The SMILES string of the molecule is C/C=C\C(=O)N[C@H](C)c1ccc(CC(C)C)cc1. The van der Waals surface area contributed by atoms with Crippen molar-refractivity contribution in [1.29, 1.82) is 0 Å². The second-order valence-corrected chi connectivity index (χ2v) is 5.07. The molecule has 0 saturated heterocycles. The molecule has 0 aliphatic rings. The summed E-state index contributed by atoms with van der Waals surface area (Å²) >= 11 is 0. The molecule has 0 unspecified atom stereocenters. The number of carbonyl (C=O) groups is 1. The predicted molar refractivity (Wildman–Crippen MR) is 76.4 cm³/mol. The molecule has 2 nitrogen and oxygen atoms in total. The van der Waals surface area contributed by atoms with Crippen LogP contribution in [0.25, 0.3) is 0 Å². The second-order valence-electron chi connectivity index (χ2n) is 5.07. The molecule has 0 aromatic heterocycles.